The molecular formula is C20H16N6O. The zero-order valence-corrected chi connectivity index (χ0v) is 14.8. The molecule has 5 rings (SSSR count). The van der Waals surface area contributed by atoms with E-state index in [2.05, 4.69) is 52.3 Å². The molecule has 0 amide bonds. The molecule has 5 aromatic rings. The summed E-state index contributed by atoms with van der Waals surface area (Å²) in [5.41, 5.74) is 5.61. The molecule has 1 N–H and O–H groups in total. The van der Waals surface area contributed by atoms with Crippen LogP contribution in [-0.2, 0) is 0 Å². The number of rotatable bonds is 2. The van der Waals surface area contributed by atoms with Crippen molar-refractivity contribution >= 4 is 16.7 Å². The lowest BCUT2D eigenvalue weighted by molar-refractivity contribution is 0.475. The minimum Gasteiger partial charge on any atom is -0.508 e. The Kier molecular flexibility index (Phi) is 3.24. The number of aromatic hydroxyl groups is 1. The molecule has 132 valence electrons. The van der Waals surface area contributed by atoms with Gasteiger partial charge >= 0.3 is 0 Å². The molecule has 0 atom stereocenters. The standard InChI is InChI=1S/C20H16N6O/c1-12-3-8-17(13(2)9-12)26-19-16(10-22-26)20-24-23-18(25(20)11-21-19)14-4-6-15(27)7-5-14/h3-11,27H,1-2H3. The summed E-state index contributed by atoms with van der Waals surface area (Å²) < 4.78 is 3.67. The maximum absolute atomic E-state index is 9.49. The van der Waals surface area contributed by atoms with E-state index in [0.717, 1.165) is 27.8 Å². The molecule has 3 aromatic heterocycles. The van der Waals surface area contributed by atoms with Crippen molar-refractivity contribution in [2.45, 2.75) is 13.8 Å². The monoisotopic (exact) mass is 356 g/mol. The third-order valence-corrected chi connectivity index (χ3v) is 4.68. The molecule has 0 saturated heterocycles. The van der Waals surface area contributed by atoms with Crippen LogP contribution < -0.4 is 0 Å². The Balaban J connectivity index is 1.71. The van der Waals surface area contributed by atoms with Crippen LogP contribution >= 0.6 is 0 Å². The van der Waals surface area contributed by atoms with Crippen LogP contribution in [0.4, 0.5) is 0 Å². The van der Waals surface area contributed by atoms with Crippen LogP contribution in [0.1, 0.15) is 11.1 Å². The van der Waals surface area contributed by atoms with E-state index >= 15 is 0 Å². The highest BCUT2D eigenvalue weighted by atomic mass is 16.3. The minimum atomic E-state index is 0.211. The largest absolute Gasteiger partial charge is 0.508 e. The fraction of sp³-hybridized carbons (Fsp3) is 0.100. The number of phenols is 1. The highest BCUT2D eigenvalue weighted by molar-refractivity contribution is 5.90. The predicted octanol–water partition coefficient (Wildman–Crippen LogP) is 3.45. The van der Waals surface area contributed by atoms with E-state index in [1.54, 1.807) is 36.8 Å². The van der Waals surface area contributed by atoms with Crippen LogP contribution in [0.2, 0.25) is 0 Å². The smallest absolute Gasteiger partial charge is 0.175 e. The first-order valence-corrected chi connectivity index (χ1v) is 8.56. The molecule has 27 heavy (non-hydrogen) atoms. The number of hydrogen-bond acceptors (Lipinski definition) is 5. The molecule has 0 spiro atoms. The molecular weight excluding hydrogens is 340 g/mol. The van der Waals surface area contributed by atoms with Gasteiger partial charge in [0, 0.05) is 5.56 Å². The fourth-order valence-corrected chi connectivity index (χ4v) is 3.35. The second-order valence-corrected chi connectivity index (χ2v) is 6.59. The molecule has 0 aliphatic carbocycles. The maximum atomic E-state index is 9.49. The van der Waals surface area contributed by atoms with Gasteiger partial charge in [0.2, 0.25) is 0 Å². The average Bonchev–Trinajstić information content (AvgIpc) is 3.26. The molecule has 0 unspecified atom stereocenters. The number of nitrogens with zero attached hydrogens (tertiary/aromatic N) is 6. The van der Waals surface area contributed by atoms with Gasteiger partial charge in [-0.3, -0.25) is 4.40 Å². The average molecular weight is 356 g/mol. The van der Waals surface area contributed by atoms with Gasteiger partial charge in [-0.1, -0.05) is 17.7 Å². The van der Waals surface area contributed by atoms with Gasteiger partial charge < -0.3 is 5.11 Å². The Morgan fingerprint density at radius 1 is 0.926 bits per heavy atom. The number of benzene rings is 2. The Morgan fingerprint density at radius 3 is 2.52 bits per heavy atom. The van der Waals surface area contributed by atoms with Crippen LogP contribution in [0.3, 0.4) is 0 Å². The molecule has 0 saturated carbocycles. The van der Waals surface area contributed by atoms with E-state index in [4.69, 9.17) is 0 Å². The van der Waals surface area contributed by atoms with Crippen molar-refractivity contribution in [1.82, 2.24) is 29.4 Å². The van der Waals surface area contributed by atoms with Crippen molar-refractivity contribution in [2.75, 3.05) is 0 Å². The lowest BCUT2D eigenvalue weighted by Gasteiger charge is -2.08. The summed E-state index contributed by atoms with van der Waals surface area (Å²) in [6.07, 6.45) is 3.48. The van der Waals surface area contributed by atoms with E-state index < -0.39 is 0 Å². The van der Waals surface area contributed by atoms with Gasteiger partial charge in [0.25, 0.3) is 0 Å². The van der Waals surface area contributed by atoms with Crippen molar-refractivity contribution in [2.24, 2.45) is 0 Å². The second kappa shape index (κ2) is 5.63. The fourth-order valence-electron chi connectivity index (χ4n) is 3.35. The summed E-state index contributed by atoms with van der Waals surface area (Å²) in [7, 11) is 0. The van der Waals surface area contributed by atoms with Crippen LogP contribution in [-0.4, -0.2) is 34.5 Å². The Bertz CT molecular complexity index is 1300. The van der Waals surface area contributed by atoms with Crippen molar-refractivity contribution < 1.29 is 5.11 Å². The van der Waals surface area contributed by atoms with Crippen LogP contribution in [0.25, 0.3) is 33.8 Å². The molecule has 0 bridgehead atoms. The van der Waals surface area contributed by atoms with Crippen LogP contribution in [0, 0.1) is 13.8 Å². The highest BCUT2D eigenvalue weighted by Gasteiger charge is 2.16. The Hall–Kier alpha value is -3.74. The van der Waals surface area contributed by atoms with Gasteiger partial charge in [0.15, 0.2) is 17.1 Å². The number of aromatic nitrogens is 6. The van der Waals surface area contributed by atoms with Gasteiger partial charge in [-0.25, -0.2) is 9.67 Å². The molecule has 7 heteroatoms. The number of hydrogen-bond donors (Lipinski definition) is 1. The first-order chi connectivity index (χ1) is 13.1. The van der Waals surface area contributed by atoms with Gasteiger partial charge in [0.05, 0.1) is 17.3 Å². The first kappa shape index (κ1) is 15.5. The maximum Gasteiger partial charge on any atom is 0.175 e. The molecule has 2 aromatic carbocycles. The van der Waals surface area contributed by atoms with Crippen molar-refractivity contribution in [3.8, 4) is 22.8 Å². The zero-order valence-electron chi connectivity index (χ0n) is 14.8. The van der Waals surface area contributed by atoms with Gasteiger partial charge in [0.1, 0.15) is 12.1 Å². The summed E-state index contributed by atoms with van der Waals surface area (Å²) in [6.45, 7) is 4.13. The summed E-state index contributed by atoms with van der Waals surface area (Å²) >= 11 is 0. The molecule has 3 heterocycles. The number of fused-ring (bicyclic) bond motifs is 3. The van der Waals surface area contributed by atoms with Gasteiger partial charge in [-0.15, -0.1) is 10.2 Å². The Labute approximate surface area is 154 Å². The summed E-state index contributed by atoms with van der Waals surface area (Å²) in [6, 6.07) is 13.1. The van der Waals surface area contributed by atoms with Gasteiger partial charge in [-0.2, -0.15) is 5.10 Å². The third kappa shape index (κ3) is 2.36. The minimum absolute atomic E-state index is 0.211. The molecule has 0 aliphatic rings. The topological polar surface area (TPSA) is 81.1 Å². The molecule has 0 fully saturated rings. The first-order valence-electron chi connectivity index (χ1n) is 8.56. The second-order valence-electron chi connectivity index (χ2n) is 6.59. The van der Waals surface area contributed by atoms with Crippen molar-refractivity contribution in [3.05, 3.63) is 66.1 Å². The highest BCUT2D eigenvalue weighted by Crippen LogP contribution is 2.26. The SMILES string of the molecule is Cc1ccc(-n2ncc3c2ncn2c(-c4ccc(O)cc4)nnc32)c(C)c1. The number of aryl methyl sites for hydroxylation is 2. The third-order valence-electron chi connectivity index (χ3n) is 4.68. The summed E-state index contributed by atoms with van der Waals surface area (Å²) in [5.74, 6) is 0.876. The van der Waals surface area contributed by atoms with Gasteiger partial charge in [-0.05, 0) is 49.7 Å². The molecule has 0 radical (unpaired) electrons. The normalized spacial score (nSPS) is 11.5. The quantitative estimate of drug-likeness (QED) is 0.524. The van der Waals surface area contributed by atoms with E-state index in [1.807, 2.05) is 9.08 Å². The Morgan fingerprint density at radius 2 is 1.74 bits per heavy atom. The lowest BCUT2D eigenvalue weighted by Crippen LogP contribution is -2.01. The summed E-state index contributed by atoms with van der Waals surface area (Å²) in [4.78, 5) is 4.62. The predicted molar refractivity (Wildman–Crippen MR) is 102 cm³/mol. The van der Waals surface area contributed by atoms with Crippen molar-refractivity contribution in [1.29, 1.82) is 0 Å². The van der Waals surface area contributed by atoms with Crippen molar-refractivity contribution in [3.63, 3.8) is 0 Å². The zero-order chi connectivity index (χ0) is 18.5. The molecule has 7 nitrogen and oxygen atoms in total. The number of phenolic OH excluding ortho intramolecular Hbond substituents is 1. The van der Waals surface area contributed by atoms with E-state index in [0.29, 0.717) is 11.5 Å². The van der Waals surface area contributed by atoms with E-state index in [1.165, 1.54) is 5.56 Å². The molecule has 0 aliphatic heterocycles. The summed E-state index contributed by atoms with van der Waals surface area (Å²) in [5, 5.41) is 23.5. The van der Waals surface area contributed by atoms with Crippen LogP contribution in [0.15, 0.2) is 55.0 Å². The lowest BCUT2D eigenvalue weighted by atomic mass is 10.1. The van der Waals surface area contributed by atoms with Crippen LogP contribution in [0.5, 0.6) is 5.75 Å². The van der Waals surface area contributed by atoms with E-state index in [9.17, 15) is 5.11 Å². The van der Waals surface area contributed by atoms with E-state index in [-0.39, 0.29) is 5.75 Å².